The molecule has 2 heterocycles. The van der Waals surface area contributed by atoms with E-state index in [4.69, 9.17) is 5.11 Å². The Hall–Kier alpha value is -3.23. The Kier molecular flexibility index (Phi) is 3.42. The van der Waals surface area contributed by atoms with Gasteiger partial charge >= 0.3 is 5.97 Å². The van der Waals surface area contributed by atoms with Gasteiger partial charge in [-0.3, -0.25) is 19.9 Å². The van der Waals surface area contributed by atoms with E-state index in [9.17, 15) is 19.7 Å². The molecule has 20 heavy (non-hydrogen) atoms. The van der Waals surface area contributed by atoms with Crippen LogP contribution in [0.3, 0.4) is 0 Å². The minimum Gasteiger partial charge on any atom is -0.478 e. The topological polar surface area (TPSA) is 138 Å². The van der Waals surface area contributed by atoms with E-state index in [-0.39, 0.29) is 22.6 Å². The van der Waals surface area contributed by atoms with Crippen LogP contribution in [0.1, 0.15) is 20.8 Å². The number of H-pyrrole nitrogens is 1. The Labute approximate surface area is 111 Å². The molecule has 2 rings (SSSR count). The highest BCUT2D eigenvalue weighted by molar-refractivity contribution is 6.06. The lowest BCUT2D eigenvalue weighted by molar-refractivity contribution is -0.384. The number of anilines is 1. The SMILES string of the molecule is O=C(Nc1cnccc1C(=O)O)c1cc([N+](=O)[O-])c[nH]1. The number of pyridine rings is 1. The molecule has 9 heteroatoms. The third kappa shape index (κ3) is 2.61. The van der Waals surface area contributed by atoms with Crippen molar-refractivity contribution in [3.63, 3.8) is 0 Å². The fourth-order valence-corrected chi connectivity index (χ4v) is 1.49. The highest BCUT2D eigenvalue weighted by atomic mass is 16.6. The molecule has 9 nitrogen and oxygen atoms in total. The van der Waals surface area contributed by atoms with Crippen molar-refractivity contribution in [2.24, 2.45) is 0 Å². The van der Waals surface area contributed by atoms with Gasteiger partial charge in [-0.2, -0.15) is 0 Å². The molecule has 0 saturated heterocycles. The summed E-state index contributed by atoms with van der Waals surface area (Å²) in [6.07, 6.45) is 3.52. The second-order valence-corrected chi connectivity index (χ2v) is 3.71. The number of aromatic carboxylic acids is 1. The molecule has 0 aliphatic carbocycles. The van der Waals surface area contributed by atoms with Crippen molar-refractivity contribution >= 4 is 23.3 Å². The summed E-state index contributed by atoms with van der Waals surface area (Å²) in [7, 11) is 0. The molecular weight excluding hydrogens is 268 g/mol. The molecule has 0 atom stereocenters. The van der Waals surface area contributed by atoms with Crippen LogP contribution in [-0.4, -0.2) is 31.9 Å². The van der Waals surface area contributed by atoms with Crippen molar-refractivity contribution in [3.05, 3.63) is 52.1 Å². The highest BCUT2D eigenvalue weighted by Gasteiger charge is 2.17. The Balaban J connectivity index is 2.23. The number of hydrogen-bond acceptors (Lipinski definition) is 5. The van der Waals surface area contributed by atoms with E-state index in [1.807, 2.05) is 0 Å². The maximum absolute atomic E-state index is 11.8. The van der Waals surface area contributed by atoms with Crippen molar-refractivity contribution in [1.82, 2.24) is 9.97 Å². The van der Waals surface area contributed by atoms with Crippen LogP contribution in [0.15, 0.2) is 30.7 Å². The van der Waals surface area contributed by atoms with Gasteiger partial charge in [0.15, 0.2) is 0 Å². The van der Waals surface area contributed by atoms with Crippen molar-refractivity contribution in [3.8, 4) is 0 Å². The zero-order valence-corrected chi connectivity index (χ0v) is 9.86. The monoisotopic (exact) mass is 276 g/mol. The number of rotatable bonds is 4. The van der Waals surface area contributed by atoms with E-state index >= 15 is 0 Å². The quantitative estimate of drug-likeness (QED) is 0.567. The van der Waals surface area contributed by atoms with Gasteiger partial charge in [-0.05, 0) is 6.07 Å². The maximum Gasteiger partial charge on any atom is 0.337 e. The first-order valence-corrected chi connectivity index (χ1v) is 5.30. The minimum atomic E-state index is -1.22. The van der Waals surface area contributed by atoms with Crippen LogP contribution in [0.5, 0.6) is 0 Å². The molecule has 0 aliphatic heterocycles. The van der Waals surface area contributed by atoms with Gasteiger partial charge in [-0.15, -0.1) is 0 Å². The van der Waals surface area contributed by atoms with Crippen molar-refractivity contribution in [2.45, 2.75) is 0 Å². The first kappa shape index (κ1) is 13.2. The zero-order chi connectivity index (χ0) is 14.7. The molecule has 0 bridgehead atoms. The van der Waals surface area contributed by atoms with E-state index in [1.165, 1.54) is 18.5 Å². The molecule has 2 aromatic heterocycles. The lowest BCUT2D eigenvalue weighted by atomic mass is 10.2. The van der Waals surface area contributed by atoms with Crippen LogP contribution >= 0.6 is 0 Å². The van der Waals surface area contributed by atoms with Crippen molar-refractivity contribution < 1.29 is 19.6 Å². The number of nitrogens with one attached hydrogen (secondary N) is 2. The van der Waals surface area contributed by atoms with Gasteiger partial charge in [0.1, 0.15) is 5.69 Å². The van der Waals surface area contributed by atoms with Crippen LogP contribution in [-0.2, 0) is 0 Å². The fraction of sp³-hybridized carbons (Fsp3) is 0. The molecule has 3 N–H and O–H groups in total. The third-order valence-electron chi connectivity index (χ3n) is 2.42. The lowest BCUT2D eigenvalue weighted by Crippen LogP contribution is -2.15. The molecule has 0 radical (unpaired) electrons. The summed E-state index contributed by atoms with van der Waals surface area (Å²) in [4.78, 5) is 38.8. The molecule has 0 aromatic carbocycles. The van der Waals surface area contributed by atoms with Crippen LogP contribution in [0, 0.1) is 10.1 Å². The summed E-state index contributed by atoms with van der Waals surface area (Å²) in [5.74, 6) is -1.92. The van der Waals surface area contributed by atoms with Crippen LogP contribution in [0.4, 0.5) is 11.4 Å². The number of aromatic amines is 1. The maximum atomic E-state index is 11.8. The standard InChI is InChI=1S/C11H8N4O5/c16-10(8-3-6(4-13-8)15(19)20)14-9-5-12-2-1-7(9)11(17)18/h1-5,13H,(H,14,16)(H,17,18). The number of carbonyl (C=O) groups is 2. The summed E-state index contributed by atoms with van der Waals surface area (Å²) in [5, 5.41) is 21.8. The minimum absolute atomic E-state index is 0.00209. The van der Waals surface area contributed by atoms with Gasteiger partial charge in [0.05, 0.1) is 28.6 Å². The molecule has 0 aliphatic rings. The van der Waals surface area contributed by atoms with Gasteiger partial charge in [0.25, 0.3) is 11.6 Å². The Morgan fingerprint density at radius 2 is 2.20 bits per heavy atom. The second-order valence-electron chi connectivity index (χ2n) is 3.71. The summed E-state index contributed by atoms with van der Waals surface area (Å²) >= 11 is 0. The van der Waals surface area contributed by atoms with Crippen LogP contribution in [0.2, 0.25) is 0 Å². The van der Waals surface area contributed by atoms with E-state index in [0.717, 1.165) is 12.3 Å². The van der Waals surface area contributed by atoms with Crippen molar-refractivity contribution in [1.29, 1.82) is 0 Å². The molecule has 2 aromatic rings. The third-order valence-corrected chi connectivity index (χ3v) is 2.42. The van der Waals surface area contributed by atoms with Gasteiger partial charge in [-0.25, -0.2) is 4.79 Å². The number of carboxylic acid groups (broad SMARTS) is 1. The molecule has 102 valence electrons. The van der Waals surface area contributed by atoms with Gasteiger partial charge in [0, 0.05) is 12.3 Å². The normalized spacial score (nSPS) is 10.0. The number of amides is 1. The Bertz CT molecular complexity index is 694. The van der Waals surface area contributed by atoms with E-state index in [1.54, 1.807) is 0 Å². The fourth-order valence-electron chi connectivity index (χ4n) is 1.49. The Morgan fingerprint density at radius 1 is 1.45 bits per heavy atom. The smallest absolute Gasteiger partial charge is 0.337 e. The summed E-state index contributed by atoms with van der Waals surface area (Å²) < 4.78 is 0. The van der Waals surface area contributed by atoms with Gasteiger partial charge < -0.3 is 15.4 Å². The summed E-state index contributed by atoms with van der Waals surface area (Å²) in [5.41, 5.74) is -0.451. The predicted octanol–water partition coefficient (Wildman–Crippen LogP) is 1.27. The molecule has 0 saturated carbocycles. The van der Waals surface area contributed by atoms with E-state index in [0.29, 0.717) is 0 Å². The Morgan fingerprint density at radius 3 is 2.80 bits per heavy atom. The number of nitrogens with zero attached hydrogens (tertiary/aromatic N) is 2. The molecule has 1 amide bonds. The van der Waals surface area contributed by atoms with E-state index < -0.39 is 16.8 Å². The number of aromatic nitrogens is 2. The van der Waals surface area contributed by atoms with Crippen molar-refractivity contribution in [2.75, 3.05) is 5.32 Å². The zero-order valence-electron chi connectivity index (χ0n) is 9.86. The predicted molar refractivity (Wildman–Crippen MR) is 66.6 cm³/mol. The van der Waals surface area contributed by atoms with Gasteiger partial charge in [-0.1, -0.05) is 0 Å². The average Bonchev–Trinajstić information content (AvgIpc) is 2.89. The van der Waals surface area contributed by atoms with Gasteiger partial charge in [0.2, 0.25) is 0 Å². The summed E-state index contributed by atoms with van der Waals surface area (Å²) in [6.45, 7) is 0. The first-order valence-electron chi connectivity index (χ1n) is 5.30. The number of nitro groups is 1. The van der Waals surface area contributed by atoms with E-state index in [2.05, 4.69) is 15.3 Å². The summed E-state index contributed by atoms with van der Waals surface area (Å²) in [6, 6.07) is 2.28. The molecule has 0 spiro atoms. The highest BCUT2D eigenvalue weighted by Crippen LogP contribution is 2.16. The number of carboxylic acids is 1. The number of carbonyl (C=O) groups excluding carboxylic acids is 1. The molecular formula is C11H8N4O5. The average molecular weight is 276 g/mol. The largest absolute Gasteiger partial charge is 0.478 e. The lowest BCUT2D eigenvalue weighted by Gasteiger charge is -2.06. The van der Waals surface area contributed by atoms with Crippen LogP contribution in [0.25, 0.3) is 0 Å². The second kappa shape index (κ2) is 5.18. The van der Waals surface area contributed by atoms with Crippen LogP contribution < -0.4 is 5.32 Å². The molecule has 0 unspecified atom stereocenters. The first-order chi connectivity index (χ1) is 9.49. The molecule has 0 fully saturated rings. The number of hydrogen-bond donors (Lipinski definition) is 3.